The van der Waals surface area contributed by atoms with Crippen LogP contribution >= 0.6 is 0 Å². The van der Waals surface area contributed by atoms with Crippen molar-refractivity contribution in [1.82, 2.24) is 0 Å². The van der Waals surface area contributed by atoms with Gasteiger partial charge in [-0.1, -0.05) is 0 Å². The third-order valence-corrected chi connectivity index (χ3v) is 6.14. The van der Waals surface area contributed by atoms with Gasteiger partial charge >= 0.3 is 24.7 Å². The molecule has 0 unspecified atom stereocenters. The van der Waals surface area contributed by atoms with E-state index in [1.54, 1.807) is 24.3 Å². The zero-order chi connectivity index (χ0) is 31.1. The maximum atomic E-state index is 13.1. The van der Waals surface area contributed by atoms with Crippen LogP contribution in [0.5, 0.6) is 0 Å². The summed E-state index contributed by atoms with van der Waals surface area (Å²) in [6.45, 7) is -0.585. The first-order valence-corrected chi connectivity index (χ1v) is 11.8. The predicted octanol–water partition coefficient (Wildman–Crippen LogP) is 8.10. The fourth-order valence-electron chi connectivity index (χ4n) is 4.15. The SMILES string of the molecule is FC(F)(F)c1cc(C[n+]2ccc(-c3cc[n+](Cc4cc(C(F)(F)F)cc(C(F)(F)F)c4)cc3)cc2)cc(C(F)(F)F)c1. The molecule has 0 N–H and O–H groups in total. The smallest absolute Gasteiger partial charge is 0.201 e. The fourth-order valence-corrected chi connectivity index (χ4v) is 4.15. The van der Waals surface area contributed by atoms with Gasteiger partial charge in [0.15, 0.2) is 37.9 Å². The highest BCUT2D eigenvalue weighted by molar-refractivity contribution is 5.61. The number of rotatable bonds is 5. The first kappa shape index (κ1) is 30.8. The van der Waals surface area contributed by atoms with Crippen molar-refractivity contribution in [2.75, 3.05) is 0 Å². The van der Waals surface area contributed by atoms with E-state index in [0.717, 1.165) is 0 Å². The molecule has 42 heavy (non-hydrogen) atoms. The van der Waals surface area contributed by atoms with Gasteiger partial charge in [0.25, 0.3) is 0 Å². The highest BCUT2D eigenvalue weighted by Gasteiger charge is 2.38. The normalized spacial score (nSPS) is 13.0. The average molecular weight is 610 g/mol. The summed E-state index contributed by atoms with van der Waals surface area (Å²) in [5.41, 5.74) is -5.00. The lowest BCUT2D eigenvalue weighted by molar-refractivity contribution is -0.688. The third-order valence-electron chi connectivity index (χ3n) is 6.14. The number of halogens is 12. The van der Waals surface area contributed by atoms with Crippen molar-refractivity contribution in [3.63, 3.8) is 0 Å². The number of nitrogens with zero attached hydrogens (tertiary/aromatic N) is 2. The Bertz CT molecular complexity index is 1360. The quantitative estimate of drug-likeness (QED) is 0.159. The Labute approximate surface area is 230 Å². The monoisotopic (exact) mass is 610 g/mol. The van der Waals surface area contributed by atoms with Crippen LogP contribution in [0, 0.1) is 0 Å². The summed E-state index contributed by atoms with van der Waals surface area (Å²) in [5, 5.41) is 0. The summed E-state index contributed by atoms with van der Waals surface area (Å²) in [6, 6.07) is 8.79. The Morgan fingerprint density at radius 3 is 0.833 bits per heavy atom. The number of hydrogen-bond acceptors (Lipinski definition) is 0. The summed E-state index contributed by atoms with van der Waals surface area (Å²) in [6.07, 6.45) is -14.2. The van der Waals surface area contributed by atoms with Gasteiger partial charge in [-0.25, -0.2) is 9.13 Å². The Kier molecular flexibility index (Phi) is 8.04. The number of hydrogen-bond donors (Lipinski definition) is 0. The second kappa shape index (κ2) is 11.0. The van der Waals surface area contributed by atoms with Crippen LogP contribution < -0.4 is 9.13 Å². The Morgan fingerprint density at radius 1 is 0.381 bits per heavy atom. The molecule has 0 saturated heterocycles. The first-order chi connectivity index (χ1) is 19.3. The Morgan fingerprint density at radius 2 is 0.619 bits per heavy atom. The van der Waals surface area contributed by atoms with Crippen molar-refractivity contribution in [3.05, 3.63) is 119 Å². The lowest BCUT2D eigenvalue weighted by atomic mass is 10.0. The standard InChI is InChI=1S/C28H18F12N2/c29-25(30,31)21-9-17(10-22(13-21)26(32,33)34)15-41-5-1-19(2-6-41)20-3-7-42(8-4-20)16-18-11-23(27(35,36)37)14-24(12-18)28(38,39)40/h1-14H,15-16H2/q+2. The maximum Gasteiger partial charge on any atom is 0.416 e. The number of aromatic nitrogens is 2. The van der Waals surface area contributed by atoms with Crippen LogP contribution in [-0.2, 0) is 37.8 Å². The van der Waals surface area contributed by atoms with Crippen LogP contribution in [0.3, 0.4) is 0 Å². The molecule has 0 bridgehead atoms. The van der Waals surface area contributed by atoms with Crippen molar-refractivity contribution in [1.29, 1.82) is 0 Å². The van der Waals surface area contributed by atoms with Crippen LogP contribution in [0.1, 0.15) is 33.4 Å². The van der Waals surface area contributed by atoms with E-state index in [4.69, 9.17) is 0 Å². The number of pyridine rings is 2. The fraction of sp³-hybridized carbons (Fsp3) is 0.214. The number of benzene rings is 2. The molecule has 0 radical (unpaired) electrons. The van der Waals surface area contributed by atoms with Gasteiger partial charge in [0.05, 0.1) is 22.3 Å². The second-order valence-electron chi connectivity index (χ2n) is 9.35. The molecule has 4 aromatic rings. The molecule has 14 heteroatoms. The molecule has 0 aliphatic heterocycles. The van der Waals surface area contributed by atoms with Gasteiger partial charge in [0.2, 0.25) is 0 Å². The molecule has 0 saturated carbocycles. The Hall–Kier alpha value is -4.10. The summed E-state index contributed by atoms with van der Waals surface area (Å²) < 4.78 is 160. The topological polar surface area (TPSA) is 7.76 Å². The lowest BCUT2D eigenvalue weighted by Gasteiger charge is -2.13. The maximum absolute atomic E-state index is 13.1. The molecule has 2 nitrogen and oxygen atoms in total. The lowest BCUT2D eigenvalue weighted by Crippen LogP contribution is -2.34. The average Bonchev–Trinajstić information content (AvgIpc) is 2.87. The van der Waals surface area contributed by atoms with Gasteiger partial charge in [-0.2, -0.15) is 52.7 Å². The molecule has 0 aliphatic carbocycles. The van der Waals surface area contributed by atoms with E-state index < -0.39 is 47.0 Å². The Balaban J connectivity index is 1.52. The van der Waals surface area contributed by atoms with Crippen molar-refractivity contribution in [2.45, 2.75) is 37.8 Å². The predicted molar refractivity (Wildman–Crippen MR) is 123 cm³/mol. The molecule has 0 fully saturated rings. The molecule has 0 amide bonds. The highest BCUT2D eigenvalue weighted by Crippen LogP contribution is 2.37. The van der Waals surface area contributed by atoms with Gasteiger partial charge in [-0.05, 0) is 47.5 Å². The summed E-state index contributed by atoms with van der Waals surface area (Å²) >= 11 is 0. The minimum atomic E-state index is -4.98. The van der Waals surface area contributed by atoms with E-state index in [9.17, 15) is 52.7 Å². The second-order valence-corrected chi connectivity index (χ2v) is 9.35. The summed E-state index contributed by atoms with van der Waals surface area (Å²) in [7, 11) is 0. The molecular formula is C28H18F12N2+2. The first-order valence-electron chi connectivity index (χ1n) is 11.8. The van der Waals surface area contributed by atoms with E-state index >= 15 is 0 Å². The molecule has 0 spiro atoms. The zero-order valence-corrected chi connectivity index (χ0v) is 20.9. The van der Waals surface area contributed by atoms with Gasteiger partial charge in [0, 0.05) is 35.4 Å². The van der Waals surface area contributed by atoms with Gasteiger partial charge < -0.3 is 0 Å². The van der Waals surface area contributed by atoms with Crippen molar-refractivity contribution < 1.29 is 61.8 Å². The third kappa shape index (κ3) is 7.59. The highest BCUT2D eigenvalue weighted by atomic mass is 19.4. The molecule has 2 aromatic carbocycles. The molecule has 2 aromatic heterocycles. The molecule has 0 atom stereocenters. The minimum Gasteiger partial charge on any atom is -0.201 e. The summed E-state index contributed by atoms with van der Waals surface area (Å²) in [4.78, 5) is 0. The molecule has 222 valence electrons. The largest absolute Gasteiger partial charge is 0.416 e. The molecular weight excluding hydrogens is 592 g/mol. The van der Waals surface area contributed by atoms with Crippen molar-refractivity contribution in [2.24, 2.45) is 0 Å². The van der Waals surface area contributed by atoms with Gasteiger partial charge in [-0.15, -0.1) is 0 Å². The molecule has 0 aliphatic rings. The molecule has 2 heterocycles. The van der Waals surface area contributed by atoms with Crippen LogP contribution in [0.15, 0.2) is 85.5 Å². The van der Waals surface area contributed by atoms with E-state index in [0.29, 0.717) is 35.4 Å². The zero-order valence-electron chi connectivity index (χ0n) is 20.9. The van der Waals surface area contributed by atoms with E-state index in [-0.39, 0.29) is 36.3 Å². The van der Waals surface area contributed by atoms with Gasteiger partial charge in [-0.3, -0.25) is 0 Å². The van der Waals surface area contributed by atoms with Crippen LogP contribution in [0.25, 0.3) is 11.1 Å². The van der Waals surface area contributed by atoms with Gasteiger partial charge in [0.1, 0.15) is 0 Å². The molecule has 4 rings (SSSR count). The van der Waals surface area contributed by atoms with E-state index in [2.05, 4.69) is 0 Å². The number of alkyl halides is 12. The van der Waals surface area contributed by atoms with Crippen LogP contribution in [0.2, 0.25) is 0 Å². The van der Waals surface area contributed by atoms with Crippen LogP contribution in [-0.4, -0.2) is 0 Å². The van der Waals surface area contributed by atoms with E-state index in [1.807, 2.05) is 0 Å². The van der Waals surface area contributed by atoms with Crippen molar-refractivity contribution >= 4 is 0 Å². The summed E-state index contributed by atoms with van der Waals surface area (Å²) in [5.74, 6) is 0. The van der Waals surface area contributed by atoms with Crippen LogP contribution in [0.4, 0.5) is 52.7 Å². The minimum absolute atomic E-state index is 0.0429. The van der Waals surface area contributed by atoms with Crippen molar-refractivity contribution in [3.8, 4) is 11.1 Å². The van der Waals surface area contributed by atoms with E-state index in [1.165, 1.54) is 33.9 Å².